The minimum Gasteiger partial charge on any atom is -0.469 e. The Balaban J connectivity index is 2.78. The Morgan fingerprint density at radius 1 is 1.73 bits per heavy atom. The van der Waals surface area contributed by atoms with Crippen molar-refractivity contribution in [1.29, 1.82) is 0 Å². The molecule has 0 saturated carbocycles. The van der Waals surface area contributed by atoms with Gasteiger partial charge < -0.3 is 10.5 Å². The van der Waals surface area contributed by atoms with E-state index in [1.165, 1.54) is 7.11 Å². The number of hydrogen-bond donors (Lipinski definition) is 1. The Morgan fingerprint density at radius 2 is 2.47 bits per heavy atom. The minimum atomic E-state index is -0.432. The SMILES string of the molecule is C#Cc1cncc([C@@H](N)CC(=O)OC)c1. The maximum atomic E-state index is 11.0. The Morgan fingerprint density at radius 3 is 3.07 bits per heavy atom. The van der Waals surface area contributed by atoms with Gasteiger partial charge in [-0.3, -0.25) is 9.78 Å². The van der Waals surface area contributed by atoms with E-state index in [2.05, 4.69) is 15.6 Å². The van der Waals surface area contributed by atoms with E-state index in [4.69, 9.17) is 12.2 Å². The van der Waals surface area contributed by atoms with Gasteiger partial charge in [0.15, 0.2) is 0 Å². The van der Waals surface area contributed by atoms with E-state index in [0.29, 0.717) is 5.56 Å². The molecule has 1 rings (SSSR count). The lowest BCUT2D eigenvalue weighted by molar-refractivity contribution is -0.141. The lowest BCUT2D eigenvalue weighted by Crippen LogP contribution is -2.16. The first kappa shape index (κ1) is 11.2. The number of methoxy groups -OCH3 is 1. The zero-order chi connectivity index (χ0) is 11.3. The van der Waals surface area contributed by atoms with Crippen molar-refractivity contribution < 1.29 is 9.53 Å². The first-order valence-electron chi connectivity index (χ1n) is 4.41. The molecule has 0 fully saturated rings. The molecule has 0 aromatic carbocycles. The molecule has 0 aliphatic rings. The van der Waals surface area contributed by atoms with Gasteiger partial charge in [0.05, 0.1) is 13.5 Å². The Kier molecular flexibility index (Phi) is 3.83. The zero-order valence-corrected chi connectivity index (χ0v) is 8.43. The number of carbonyl (C=O) groups is 1. The van der Waals surface area contributed by atoms with Gasteiger partial charge in [0.1, 0.15) is 0 Å². The monoisotopic (exact) mass is 204 g/mol. The van der Waals surface area contributed by atoms with Crippen LogP contribution in [0.1, 0.15) is 23.6 Å². The summed E-state index contributed by atoms with van der Waals surface area (Å²) in [4.78, 5) is 14.9. The number of esters is 1. The molecule has 0 aliphatic carbocycles. The van der Waals surface area contributed by atoms with Crippen LogP contribution in [-0.2, 0) is 9.53 Å². The molecule has 4 heteroatoms. The van der Waals surface area contributed by atoms with Crippen molar-refractivity contribution in [2.45, 2.75) is 12.5 Å². The molecule has 0 unspecified atom stereocenters. The van der Waals surface area contributed by atoms with Crippen molar-refractivity contribution in [3.63, 3.8) is 0 Å². The molecular weight excluding hydrogens is 192 g/mol. The van der Waals surface area contributed by atoms with Crippen molar-refractivity contribution in [2.24, 2.45) is 5.73 Å². The van der Waals surface area contributed by atoms with Gasteiger partial charge in [-0.1, -0.05) is 5.92 Å². The summed E-state index contributed by atoms with van der Waals surface area (Å²) in [5, 5.41) is 0. The highest BCUT2D eigenvalue weighted by Crippen LogP contribution is 2.14. The zero-order valence-electron chi connectivity index (χ0n) is 8.43. The molecule has 0 bridgehead atoms. The third kappa shape index (κ3) is 3.08. The molecule has 0 radical (unpaired) electrons. The average molecular weight is 204 g/mol. The van der Waals surface area contributed by atoms with Crippen LogP contribution in [0.15, 0.2) is 18.5 Å². The first-order chi connectivity index (χ1) is 7.17. The molecule has 0 spiro atoms. The molecule has 1 aromatic rings. The molecule has 0 aliphatic heterocycles. The highest BCUT2D eigenvalue weighted by atomic mass is 16.5. The van der Waals surface area contributed by atoms with E-state index in [9.17, 15) is 4.79 Å². The molecule has 4 nitrogen and oxygen atoms in total. The summed E-state index contributed by atoms with van der Waals surface area (Å²) in [6.45, 7) is 0. The fraction of sp³-hybridized carbons (Fsp3) is 0.273. The van der Waals surface area contributed by atoms with Gasteiger partial charge in [0, 0.05) is 24.0 Å². The molecule has 1 aromatic heterocycles. The Labute approximate surface area is 88.5 Å². The predicted molar refractivity (Wildman–Crippen MR) is 55.7 cm³/mol. The van der Waals surface area contributed by atoms with Crippen LogP contribution in [0.2, 0.25) is 0 Å². The minimum absolute atomic E-state index is 0.117. The Bertz CT molecular complexity index is 396. The average Bonchev–Trinajstić information content (AvgIpc) is 2.28. The van der Waals surface area contributed by atoms with E-state index in [0.717, 1.165) is 5.56 Å². The van der Waals surface area contributed by atoms with Crippen LogP contribution in [0.3, 0.4) is 0 Å². The lowest BCUT2D eigenvalue weighted by Gasteiger charge is -2.09. The quantitative estimate of drug-likeness (QED) is 0.579. The number of nitrogens with two attached hydrogens (primary N) is 1. The number of aromatic nitrogens is 1. The van der Waals surface area contributed by atoms with Crippen molar-refractivity contribution in [2.75, 3.05) is 7.11 Å². The summed E-state index contributed by atoms with van der Waals surface area (Å²) in [5.41, 5.74) is 7.16. The summed E-state index contributed by atoms with van der Waals surface area (Å²) in [7, 11) is 1.32. The number of ether oxygens (including phenoxy) is 1. The van der Waals surface area contributed by atoms with E-state index < -0.39 is 6.04 Å². The standard InChI is InChI=1S/C11H12N2O2/c1-3-8-4-9(7-13-6-8)10(12)5-11(14)15-2/h1,4,6-7,10H,5,12H2,2H3/t10-/m0/s1. The third-order valence-electron chi connectivity index (χ3n) is 1.97. The van der Waals surface area contributed by atoms with Crippen LogP contribution in [0.4, 0.5) is 0 Å². The maximum Gasteiger partial charge on any atom is 0.307 e. The molecule has 0 amide bonds. The molecule has 0 saturated heterocycles. The normalized spacial score (nSPS) is 11.5. The van der Waals surface area contributed by atoms with Crippen LogP contribution >= 0.6 is 0 Å². The highest BCUT2D eigenvalue weighted by Gasteiger charge is 2.12. The molecule has 78 valence electrons. The van der Waals surface area contributed by atoms with Gasteiger partial charge in [0.2, 0.25) is 0 Å². The maximum absolute atomic E-state index is 11.0. The van der Waals surface area contributed by atoms with E-state index in [1.807, 2.05) is 0 Å². The molecule has 2 N–H and O–H groups in total. The van der Waals surface area contributed by atoms with Crippen LogP contribution in [0.25, 0.3) is 0 Å². The highest BCUT2D eigenvalue weighted by molar-refractivity contribution is 5.70. The van der Waals surface area contributed by atoms with Crippen LogP contribution in [0, 0.1) is 12.3 Å². The number of pyridine rings is 1. The van der Waals surface area contributed by atoms with E-state index in [1.54, 1.807) is 18.5 Å². The van der Waals surface area contributed by atoms with Gasteiger partial charge in [-0.25, -0.2) is 0 Å². The molecular formula is C11H12N2O2. The fourth-order valence-electron chi connectivity index (χ4n) is 1.12. The van der Waals surface area contributed by atoms with Crippen molar-refractivity contribution in [1.82, 2.24) is 4.98 Å². The first-order valence-corrected chi connectivity index (χ1v) is 4.41. The van der Waals surface area contributed by atoms with Crippen LogP contribution in [-0.4, -0.2) is 18.1 Å². The third-order valence-corrected chi connectivity index (χ3v) is 1.97. The summed E-state index contributed by atoms with van der Waals surface area (Å²) < 4.78 is 4.52. The van der Waals surface area contributed by atoms with Gasteiger partial charge in [-0.05, 0) is 11.6 Å². The van der Waals surface area contributed by atoms with Crippen molar-refractivity contribution in [3.8, 4) is 12.3 Å². The molecule has 15 heavy (non-hydrogen) atoms. The molecule has 1 atom stereocenters. The second kappa shape index (κ2) is 5.13. The van der Waals surface area contributed by atoms with Crippen LogP contribution < -0.4 is 5.73 Å². The summed E-state index contributed by atoms with van der Waals surface area (Å²) in [5.74, 6) is 2.10. The number of carbonyl (C=O) groups excluding carboxylic acids is 1. The largest absolute Gasteiger partial charge is 0.469 e. The van der Waals surface area contributed by atoms with Gasteiger partial charge in [-0.2, -0.15) is 0 Å². The number of hydrogen-bond acceptors (Lipinski definition) is 4. The van der Waals surface area contributed by atoms with Gasteiger partial charge >= 0.3 is 5.97 Å². The number of terminal acetylenes is 1. The smallest absolute Gasteiger partial charge is 0.307 e. The fourth-order valence-corrected chi connectivity index (χ4v) is 1.12. The van der Waals surface area contributed by atoms with Crippen molar-refractivity contribution in [3.05, 3.63) is 29.6 Å². The molecule has 1 heterocycles. The Hall–Kier alpha value is -1.86. The van der Waals surface area contributed by atoms with E-state index >= 15 is 0 Å². The number of rotatable bonds is 3. The number of nitrogens with zero attached hydrogens (tertiary/aromatic N) is 1. The van der Waals surface area contributed by atoms with Crippen LogP contribution in [0.5, 0.6) is 0 Å². The summed E-state index contributed by atoms with van der Waals surface area (Å²) >= 11 is 0. The van der Waals surface area contributed by atoms with Crippen molar-refractivity contribution >= 4 is 5.97 Å². The van der Waals surface area contributed by atoms with Gasteiger partial charge in [0.25, 0.3) is 0 Å². The summed E-state index contributed by atoms with van der Waals surface area (Å²) in [6.07, 6.45) is 8.50. The second-order valence-corrected chi connectivity index (χ2v) is 3.04. The predicted octanol–water partition coefficient (Wildman–Crippen LogP) is 0.626. The van der Waals surface area contributed by atoms with Gasteiger partial charge in [-0.15, -0.1) is 6.42 Å². The lowest BCUT2D eigenvalue weighted by atomic mass is 10.1. The van der Waals surface area contributed by atoms with E-state index in [-0.39, 0.29) is 12.4 Å². The second-order valence-electron chi connectivity index (χ2n) is 3.04. The summed E-state index contributed by atoms with van der Waals surface area (Å²) in [6, 6.07) is 1.30. The topological polar surface area (TPSA) is 65.2 Å².